The van der Waals surface area contributed by atoms with Gasteiger partial charge in [-0.1, -0.05) is 18.2 Å². The Morgan fingerprint density at radius 3 is 2.77 bits per heavy atom. The molecule has 22 heavy (non-hydrogen) atoms. The minimum absolute atomic E-state index is 0.0701. The van der Waals surface area contributed by atoms with Crippen molar-refractivity contribution >= 4 is 21.8 Å². The largest absolute Gasteiger partial charge is 0.488 e. The van der Waals surface area contributed by atoms with Gasteiger partial charge in [0.1, 0.15) is 18.2 Å². The number of carbonyl (C=O) groups excluding carboxylic acids is 1. The van der Waals surface area contributed by atoms with E-state index in [-0.39, 0.29) is 24.8 Å². The van der Waals surface area contributed by atoms with Crippen LogP contribution in [0.4, 0.5) is 4.39 Å². The van der Waals surface area contributed by atoms with Gasteiger partial charge >= 0.3 is 0 Å². The van der Waals surface area contributed by atoms with E-state index in [4.69, 9.17) is 4.74 Å². The maximum absolute atomic E-state index is 14.0. The minimum Gasteiger partial charge on any atom is -0.488 e. The number of amides is 1. The summed E-state index contributed by atoms with van der Waals surface area (Å²) in [5.41, 5.74) is 2.13. The molecule has 1 N–H and O–H groups in total. The van der Waals surface area contributed by atoms with Crippen molar-refractivity contribution in [2.24, 2.45) is 0 Å². The summed E-state index contributed by atoms with van der Waals surface area (Å²) >= 11 is 3.43. The van der Waals surface area contributed by atoms with Crippen molar-refractivity contribution in [2.75, 3.05) is 7.05 Å². The Labute approximate surface area is 137 Å². The van der Waals surface area contributed by atoms with E-state index < -0.39 is 0 Å². The molecule has 0 spiro atoms. The van der Waals surface area contributed by atoms with Crippen molar-refractivity contribution in [1.82, 2.24) is 5.32 Å². The van der Waals surface area contributed by atoms with Crippen LogP contribution in [0.25, 0.3) is 0 Å². The third-order valence-electron chi connectivity index (χ3n) is 3.31. The fourth-order valence-corrected chi connectivity index (χ4v) is 2.67. The molecule has 0 aromatic heterocycles. The number of hydrogen-bond acceptors (Lipinski definition) is 2. The van der Waals surface area contributed by atoms with Gasteiger partial charge in [0, 0.05) is 12.6 Å². The summed E-state index contributed by atoms with van der Waals surface area (Å²) in [6, 6.07) is 10.4. The summed E-state index contributed by atoms with van der Waals surface area (Å²) in [4.78, 5) is 11.5. The van der Waals surface area contributed by atoms with Crippen molar-refractivity contribution in [1.29, 1.82) is 0 Å². The van der Waals surface area contributed by atoms with Crippen LogP contribution in [-0.2, 0) is 17.8 Å². The highest BCUT2D eigenvalue weighted by atomic mass is 79.9. The van der Waals surface area contributed by atoms with Gasteiger partial charge in [0.15, 0.2) is 0 Å². The summed E-state index contributed by atoms with van der Waals surface area (Å²) in [5, 5.41) is 2.54. The topological polar surface area (TPSA) is 38.3 Å². The van der Waals surface area contributed by atoms with Crippen LogP contribution in [0.1, 0.15) is 16.7 Å². The second-order valence-electron chi connectivity index (χ2n) is 4.95. The maximum atomic E-state index is 14.0. The number of hydrogen-bond donors (Lipinski definition) is 1. The van der Waals surface area contributed by atoms with Crippen LogP contribution in [0.2, 0.25) is 0 Å². The normalized spacial score (nSPS) is 10.4. The van der Waals surface area contributed by atoms with Crippen LogP contribution >= 0.6 is 15.9 Å². The first-order valence-electron chi connectivity index (χ1n) is 6.87. The summed E-state index contributed by atoms with van der Waals surface area (Å²) in [5.74, 6) is 0.104. The second-order valence-corrected chi connectivity index (χ2v) is 5.80. The van der Waals surface area contributed by atoms with E-state index in [2.05, 4.69) is 21.2 Å². The quantitative estimate of drug-likeness (QED) is 0.875. The number of rotatable bonds is 5. The lowest BCUT2D eigenvalue weighted by Crippen LogP contribution is -2.21. The summed E-state index contributed by atoms with van der Waals surface area (Å²) < 4.78 is 20.6. The molecule has 5 heteroatoms. The molecule has 3 nitrogen and oxygen atoms in total. The van der Waals surface area contributed by atoms with Crippen LogP contribution in [0.5, 0.6) is 5.75 Å². The summed E-state index contributed by atoms with van der Waals surface area (Å²) in [7, 11) is 1.56. The second kappa shape index (κ2) is 7.40. The lowest BCUT2D eigenvalue weighted by molar-refractivity contribution is -0.119. The Morgan fingerprint density at radius 2 is 2.09 bits per heavy atom. The zero-order chi connectivity index (χ0) is 16.1. The van der Waals surface area contributed by atoms with Crippen molar-refractivity contribution in [2.45, 2.75) is 20.0 Å². The third kappa shape index (κ3) is 4.07. The molecule has 0 saturated carbocycles. The Bertz CT molecular complexity index is 688. The minimum atomic E-state index is -0.371. The molecule has 2 aromatic carbocycles. The van der Waals surface area contributed by atoms with Gasteiger partial charge in [-0.25, -0.2) is 4.39 Å². The zero-order valence-electron chi connectivity index (χ0n) is 12.5. The Morgan fingerprint density at radius 1 is 1.32 bits per heavy atom. The molecule has 2 aromatic rings. The average molecular weight is 366 g/mol. The fourth-order valence-electron chi connectivity index (χ4n) is 2.06. The summed E-state index contributed by atoms with van der Waals surface area (Å²) in [6.45, 7) is 2.05. The lowest BCUT2D eigenvalue weighted by atomic mass is 10.0. The van der Waals surface area contributed by atoms with E-state index in [1.54, 1.807) is 19.2 Å². The van der Waals surface area contributed by atoms with E-state index in [9.17, 15) is 9.18 Å². The van der Waals surface area contributed by atoms with E-state index in [0.717, 1.165) is 10.0 Å². The molecule has 0 aliphatic rings. The van der Waals surface area contributed by atoms with Gasteiger partial charge in [0.2, 0.25) is 5.91 Å². The monoisotopic (exact) mass is 365 g/mol. The molecule has 0 atom stereocenters. The predicted octanol–water partition coefficient (Wildman–Crippen LogP) is 3.76. The highest BCUT2D eigenvalue weighted by Gasteiger charge is 2.13. The van der Waals surface area contributed by atoms with Gasteiger partial charge in [0.25, 0.3) is 0 Å². The number of aryl methyl sites for hydroxylation is 1. The van der Waals surface area contributed by atoms with E-state index >= 15 is 0 Å². The number of nitrogens with one attached hydrogen (secondary N) is 1. The Hall–Kier alpha value is -1.88. The maximum Gasteiger partial charge on any atom is 0.224 e. The molecule has 0 aliphatic heterocycles. The summed E-state index contributed by atoms with van der Waals surface area (Å²) in [6.07, 6.45) is 0.127. The van der Waals surface area contributed by atoms with Crippen molar-refractivity contribution in [3.63, 3.8) is 0 Å². The van der Waals surface area contributed by atoms with E-state index in [1.807, 2.05) is 25.1 Å². The van der Waals surface area contributed by atoms with E-state index in [0.29, 0.717) is 16.9 Å². The highest BCUT2D eigenvalue weighted by molar-refractivity contribution is 9.10. The molecule has 2 rings (SSSR count). The average Bonchev–Trinajstić information content (AvgIpc) is 2.48. The van der Waals surface area contributed by atoms with Crippen LogP contribution < -0.4 is 10.1 Å². The lowest BCUT2D eigenvalue weighted by Gasteiger charge is -2.13. The van der Waals surface area contributed by atoms with Crippen LogP contribution in [-0.4, -0.2) is 13.0 Å². The molecule has 0 radical (unpaired) electrons. The van der Waals surface area contributed by atoms with Crippen molar-refractivity contribution in [3.8, 4) is 5.75 Å². The van der Waals surface area contributed by atoms with Crippen molar-refractivity contribution in [3.05, 3.63) is 63.4 Å². The van der Waals surface area contributed by atoms with Crippen molar-refractivity contribution < 1.29 is 13.9 Å². The van der Waals surface area contributed by atoms with Crippen LogP contribution in [0, 0.1) is 12.7 Å². The standard InChI is InChI=1S/C17H17BrFNO2/c1-11-6-7-16(14(18)8-11)22-10-13-12(9-17(21)20-2)4-3-5-15(13)19/h3-8H,9-10H2,1-2H3,(H,20,21). The van der Waals surface area contributed by atoms with Gasteiger partial charge in [-0.05, 0) is 52.2 Å². The van der Waals surface area contributed by atoms with Gasteiger partial charge in [-0.2, -0.15) is 0 Å². The third-order valence-corrected chi connectivity index (χ3v) is 3.92. The Balaban J connectivity index is 2.19. The number of ether oxygens (including phenoxy) is 1. The number of likely N-dealkylation sites (N-methyl/N-ethyl adjacent to an activating group) is 1. The molecule has 0 aliphatic carbocycles. The van der Waals surface area contributed by atoms with Crippen LogP contribution in [0.15, 0.2) is 40.9 Å². The molecule has 0 heterocycles. The number of benzene rings is 2. The molecule has 0 unspecified atom stereocenters. The van der Waals surface area contributed by atoms with Gasteiger partial charge in [-0.15, -0.1) is 0 Å². The molecule has 116 valence electrons. The first kappa shape index (κ1) is 16.5. The zero-order valence-corrected chi connectivity index (χ0v) is 14.0. The first-order valence-corrected chi connectivity index (χ1v) is 7.66. The molecule has 0 fully saturated rings. The van der Waals surface area contributed by atoms with E-state index in [1.165, 1.54) is 6.07 Å². The fraction of sp³-hybridized carbons (Fsp3) is 0.235. The number of carbonyl (C=O) groups is 1. The number of halogens is 2. The Kier molecular flexibility index (Phi) is 5.55. The molecular formula is C17H17BrFNO2. The van der Waals surface area contributed by atoms with Gasteiger partial charge < -0.3 is 10.1 Å². The first-order chi connectivity index (χ1) is 10.5. The molecule has 0 saturated heterocycles. The molecular weight excluding hydrogens is 349 g/mol. The highest BCUT2D eigenvalue weighted by Crippen LogP contribution is 2.27. The van der Waals surface area contributed by atoms with Gasteiger partial charge in [-0.3, -0.25) is 4.79 Å². The predicted molar refractivity (Wildman–Crippen MR) is 87.4 cm³/mol. The molecule has 0 bridgehead atoms. The van der Waals surface area contributed by atoms with Gasteiger partial charge in [0.05, 0.1) is 10.9 Å². The SMILES string of the molecule is CNC(=O)Cc1cccc(F)c1COc1ccc(C)cc1Br. The van der Waals surface area contributed by atoms with Crippen LogP contribution in [0.3, 0.4) is 0 Å². The molecule has 1 amide bonds. The smallest absolute Gasteiger partial charge is 0.224 e.